The molecule has 9 heteroatoms. The van der Waals surface area contributed by atoms with E-state index in [1.807, 2.05) is 0 Å². The highest BCUT2D eigenvalue weighted by molar-refractivity contribution is 5.94. The minimum Gasteiger partial charge on any atom is -0.481 e. The summed E-state index contributed by atoms with van der Waals surface area (Å²) < 4.78 is 38.4. The average Bonchev–Trinajstić information content (AvgIpc) is 2.64. The normalized spacial score (nSPS) is 14.9. The van der Waals surface area contributed by atoms with Gasteiger partial charge < -0.3 is 14.9 Å². The number of nitrogens with zero attached hydrogens (tertiary/aromatic N) is 2. The van der Waals surface area contributed by atoms with Crippen LogP contribution in [0, 0.1) is 0 Å². The number of carbonyl (C=O) groups is 3. The lowest BCUT2D eigenvalue weighted by atomic mass is 10.1. The number of unbranched alkanes of at least 4 members (excludes halogenated alkanes) is 1. The summed E-state index contributed by atoms with van der Waals surface area (Å²) in [6, 6.07) is 4.30. The zero-order chi connectivity index (χ0) is 20.0. The quantitative estimate of drug-likeness (QED) is 0.763. The van der Waals surface area contributed by atoms with Crippen LogP contribution in [0.15, 0.2) is 24.3 Å². The van der Waals surface area contributed by atoms with E-state index in [-0.39, 0.29) is 37.4 Å². The Labute approximate surface area is 154 Å². The molecule has 1 heterocycles. The predicted molar refractivity (Wildman–Crippen MR) is 90.0 cm³/mol. The van der Waals surface area contributed by atoms with Crippen LogP contribution in [0.2, 0.25) is 0 Å². The van der Waals surface area contributed by atoms with Crippen LogP contribution in [-0.4, -0.2) is 58.9 Å². The fourth-order valence-corrected chi connectivity index (χ4v) is 2.88. The number of rotatable bonds is 6. The zero-order valence-corrected chi connectivity index (χ0v) is 14.7. The lowest BCUT2D eigenvalue weighted by Crippen LogP contribution is -2.50. The fraction of sp³-hybridized carbons (Fsp3) is 0.500. The van der Waals surface area contributed by atoms with Crippen molar-refractivity contribution in [2.45, 2.75) is 31.9 Å². The van der Waals surface area contributed by atoms with Crippen molar-refractivity contribution in [2.24, 2.45) is 0 Å². The minimum absolute atomic E-state index is 0.0204. The number of hydrogen-bond donors (Lipinski definition) is 1. The van der Waals surface area contributed by atoms with Gasteiger partial charge in [-0.1, -0.05) is 6.07 Å². The maximum atomic E-state index is 12.8. The summed E-state index contributed by atoms with van der Waals surface area (Å²) in [6.07, 6.45) is -3.34. The first-order valence-electron chi connectivity index (χ1n) is 8.64. The van der Waals surface area contributed by atoms with Gasteiger partial charge in [-0.3, -0.25) is 14.4 Å². The van der Waals surface area contributed by atoms with E-state index in [0.717, 1.165) is 12.1 Å². The molecule has 1 N–H and O–H groups in total. The maximum Gasteiger partial charge on any atom is 0.416 e. The van der Waals surface area contributed by atoms with Crippen molar-refractivity contribution >= 4 is 17.8 Å². The van der Waals surface area contributed by atoms with Crippen LogP contribution in [0.25, 0.3) is 0 Å². The van der Waals surface area contributed by atoms with E-state index >= 15 is 0 Å². The van der Waals surface area contributed by atoms with E-state index in [9.17, 15) is 27.6 Å². The van der Waals surface area contributed by atoms with E-state index in [1.54, 1.807) is 4.90 Å². The van der Waals surface area contributed by atoms with Gasteiger partial charge >= 0.3 is 12.1 Å². The topological polar surface area (TPSA) is 77.9 Å². The Morgan fingerprint density at radius 2 is 1.56 bits per heavy atom. The number of aliphatic carboxylic acids is 1. The van der Waals surface area contributed by atoms with E-state index in [1.165, 1.54) is 17.0 Å². The Morgan fingerprint density at radius 3 is 2.15 bits per heavy atom. The molecule has 1 aromatic rings. The van der Waals surface area contributed by atoms with Gasteiger partial charge in [-0.05, 0) is 31.0 Å². The first-order valence-corrected chi connectivity index (χ1v) is 8.64. The molecule has 1 fully saturated rings. The van der Waals surface area contributed by atoms with Crippen LogP contribution >= 0.6 is 0 Å². The first-order chi connectivity index (χ1) is 12.7. The smallest absolute Gasteiger partial charge is 0.416 e. The number of benzene rings is 1. The molecule has 1 saturated heterocycles. The average molecular weight is 386 g/mol. The molecule has 0 unspecified atom stereocenters. The monoisotopic (exact) mass is 386 g/mol. The maximum absolute atomic E-state index is 12.8. The van der Waals surface area contributed by atoms with Crippen LogP contribution in [0.5, 0.6) is 0 Å². The van der Waals surface area contributed by atoms with Crippen LogP contribution in [-0.2, 0) is 15.8 Å². The summed E-state index contributed by atoms with van der Waals surface area (Å²) in [5, 5.41) is 8.57. The molecular weight excluding hydrogens is 365 g/mol. The number of piperazine rings is 1. The highest BCUT2D eigenvalue weighted by Crippen LogP contribution is 2.29. The standard InChI is InChI=1S/C18H21F3N2O4/c19-18(20,21)14-5-3-4-13(12-14)17(27)23-10-8-22(9-11-23)15(24)6-1-2-7-16(25)26/h3-5,12H,1-2,6-11H2,(H,25,26). The summed E-state index contributed by atoms with van der Waals surface area (Å²) in [4.78, 5) is 38.0. The van der Waals surface area contributed by atoms with Gasteiger partial charge in [0.05, 0.1) is 5.56 Å². The van der Waals surface area contributed by atoms with Crippen molar-refractivity contribution < 1.29 is 32.7 Å². The third-order valence-electron chi connectivity index (χ3n) is 4.39. The Kier molecular flexibility index (Phi) is 6.81. The predicted octanol–water partition coefficient (Wildman–Crippen LogP) is 2.63. The molecule has 0 atom stereocenters. The molecule has 148 valence electrons. The molecule has 1 aliphatic heterocycles. The van der Waals surface area contributed by atoms with Gasteiger partial charge in [0, 0.05) is 44.6 Å². The molecule has 1 aromatic carbocycles. The van der Waals surface area contributed by atoms with Crippen LogP contribution < -0.4 is 0 Å². The lowest BCUT2D eigenvalue weighted by molar-refractivity contribution is -0.138. The molecule has 6 nitrogen and oxygen atoms in total. The summed E-state index contributed by atoms with van der Waals surface area (Å²) in [5.41, 5.74) is -0.901. The fourth-order valence-electron chi connectivity index (χ4n) is 2.88. The number of carboxylic acid groups (broad SMARTS) is 1. The molecule has 0 bridgehead atoms. The second kappa shape index (κ2) is 8.88. The van der Waals surface area contributed by atoms with Gasteiger partial charge in [-0.2, -0.15) is 13.2 Å². The lowest BCUT2D eigenvalue weighted by Gasteiger charge is -2.35. The van der Waals surface area contributed by atoms with Gasteiger partial charge in [-0.25, -0.2) is 0 Å². The number of halogens is 3. The van der Waals surface area contributed by atoms with Gasteiger partial charge in [0.15, 0.2) is 0 Å². The number of amides is 2. The van der Waals surface area contributed by atoms with Crippen molar-refractivity contribution in [1.29, 1.82) is 0 Å². The molecule has 2 amide bonds. The van der Waals surface area contributed by atoms with E-state index < -0.39 is 23.6 Å². The third kappa shape index (κ3) is 5.97. The molecule has 27 heavy (non-hydrogen) atoms. The van der Waals surface area contributed by atoms with Crippen LogP contribution in [0.4, 0.5) is 13.2 Å². The van der Waals surface area contributed by atoms with E-state index in [0.29, 0.717) is 25.9 Å². The molecule has 0 radical (unpaired) electrons. The third-order valence-corrected chi connectivity index (χ3v) is 4.39. The largest absolute Gasteiger partial charge is 0.481 e. The SMILES string of the molecule is O=C(O)CCCCC(=O)N1CCN(C(=O)c2cccc(C(F)(F)F)c2)CC1. The minimum atomic E-state index is -4.51. The van der Waals surface area contributed by atoms with Crippen molar-refractivity contribution in [3.63, 3.8) is 0 Å². The van der Waals surface area contributed by atoms with Crippen molar-refractivity contribution in [3.05, 3.63) is 35.4 Å². The van der Waals surface area contributed by atoms with Crippen LogP contribution in [0.3, 0.4) is 0 Å². The first kappa shape index (κ1) is 20.7. The van der Waals surface area contributed by atoms with Crippen molar-refractivity contribution in [2.75, 3.05) is 26.2 Å². The van der Waals surface area contributed by atoms with E-state index in [2.05, 4.69) is 0 Å². The molecule has 2 rings (SSSR count). The Hall–Kier alpha value is -2.58. The summed E-state index contributed by atoms with van der Waals surface area (Å²) >= 11 is 0. The van der Waals surface area contributed by atoms with Crippen molar-refractivity contribution in [1.82, 2.24) is 9.80 Å². The second-order valence-electron chi connectivity index (χ2n) is 6.35. The number of carboxylic acids is 1. The molecule has 0 saturated carbocycles. The molecular formula is C18H21F3N2O4. The van der Waals surface area contributed by atoms with Crippen LogP contribution in [0.1, 0.15) is 41.6 Å². The molecule has 0 aliphatic carbocycles. The highest BCUT2D eigenvalue weighted by atomic mass is 19.4. The Morgan fingerprint density at radius 1 is 0.963 bits per heavy atom. The van der Waals surface area contributed by atoms with E-state index in [4.69, 9.17) is 5.11 Å². The molecule has 0 aromatic heterocycles. The second-order valence-corrected chi connectivity index (χ2v) is 6.35. The summed E-state index contributed by atoms with van der Waals surface area (Å²) in [5.74, 6) is -1.50. The Bertz CT molecular complexity index is 698. The Balaban J connectivity index is 1.85. The highest BCUT2D eigenvalue weighted by Gasteiger charge is 2.32. The van der Waals surface area contributed by atoms with Crippen molar-refractivity contribution in [3.8, 4) is 0 Å². The number of carbonyl (C=O) groups excluding carboxylic acids is 2. The number of alkyl halides is 3. The van der Waals surface area contributed by atoms with Gasteiger partial charge in [0.25, 0.3) is 5.91 Å². The van der Waals surface area contributed by atoms with Gasteiger partial charge in [0.2, 0.25) is 5.91 Å². The van der Waals surface area contributed by atoms with Gasteiger partial charge in [0.1, 0.15) is 0 Å². The summed E-state index contributed by atoms with van der Waals surface area (Å²) in [6.45, 7) is 1.11. The van der Waals surface area contributed by atoms with Gasteiger partial charge in [-0.15, -0.1) is 0 Å². The zero-order valence-electron chi connectivity index (χ0n) is 14.7. The molecule has 1 aliphatic rings. The summed E-state index contributed by atoms with van der Waals surface area (Å²) in [7, 11) is 0. The number of hydrogen-bond acceptors (Lipinski definition) is 3. The molecule has 0 spiro atoms.